The van der Waals surface area contributed by atoms with E-state index in [-0.39, 0.29) is 5.60 Å². The van der Waals surface area contributed by atoms with Crippen LogP contribution in [0.4, 0.5) is 0 Å². The molecule has 1 N–H and O–H groups in total. The Kier molecular flexibility index (Phi) is 5.58. The first-order chi connectivity index (χ1) is 7.22. The Hall–Kier alpha value is -0.120. The monoisotopic (exact) mass is 215 g/mol. The Balaban J connectivity index is 2.39. The maximum absolute atomic E-state index is 6.01. The molecule has 0 amide bonds. The van der Waals surface area contributed by atoms with Crippen molar-refractivity contribution in [3.8, 4) is 0 Å². The fourth-order valence-electron chi connectivity index (χ4n) is 2.32. The fraction of sp³-hybridized carbons (Fsp3) is 1.00. The van der Waals surface area contributed by atoms with E-state index in [1.165, 1.54) is 25.7 Å². The van der Waals surface area contributed by atoms with Gasteiger partial charge in [0.2, 0.25) is 0 Å². The molecule has 0 radical (unpaired) electrons. The average Bonchev–Trinajstić information content (AvgIpc) is 2.23. The van der Waals surface area contributed by atoms with Gasteiger partial charge in [-0.2, -0.15) is 0 Å². The molecular weight excluding hydrogens is 190 g/mol. The molecule has 0 saturated heterocycles. The predicted molar refractivity (Wildman–Crippen MR) is 62.1 cm³/mol. The first kappa shape index (κ1) is 12.9. The van der Waals surface area contributed by atoms with Crippen LogP contribution in [0.3, 0.4) is 0 Å². The van der Waals surface area contributed by atoms with Crippen molar-refractivity contribution in [2.24, 2.45) is 5.92 Å². The van der Waals surface area contributed by atoms with Crippen LogP contribution in [-0.2, 0) is 9.47 Å². The molecule has 0 aromatic heterocycles. The average molecular weight is 215 g/mol. The first-order valence-electron chi connectivity index (χ1n) is 6.00. The molecule has 0 aromatic carbocycles. The molecule has 1 rings (SSSR count). The van der Waals surface area contributed by atoms with Crippen LogP contribution >= 0.6 is 0 Å². The molecule has 3 nitrogen and oxygen atoms in total. The summed E-state index contributed by atoms with van der Waals surface area (Å²) in [7, 11) is 3.72. The van der Waals surface area contributed by atoms with E-state index in [1.54, 1.807) is 7.11 Å². The fourth-order valence-corrected chi connectivity index (χ4v) is 2.32. The minimum absolute atomic E-state index is 0.0692. The van der Waals surface area contributed by atoms with E-state index in [0.29, 0.717) is 13.2 Å². The number of ether oxygens (including phenoxy) is 2. The third-order valence-electron chi connectivity index (χ3n) is 3.38. The Morgan fingerprint density at radius 1 is 1.27 bits per heavy atom. The van der Waals surface area contributed by atoms with Crippen LogP contribution in [0.5, 0.6) is 0 Å². The standard InChI is InChI=1S/C12H25NO2/c1-11-4-6-12(7-5-11,10-13-2)15-9-8-14-3/h11,13H,4-10H2,1-3H3. The summed E-state index contributed by atoms with van der Waals surface area (Å²) >= 11 is 0. The molecule has 0 heterocycles. The summed E-state index contributed by atoms with van der Waals surface area (Å²) in [6.45, 7) is 4.70. The van der Waals surface area contributed by atoms with E-state index < -0.39 is 0 Å². The second kappa shape index (κ2) is 6.46. The molecule has 1 aliphatic carbocycles. The zero-order chi connectivity index (χ0) is 11.1. The van der Waals surface area contributed by atoms with Gasteiger partial charge in [-0.15, -0.1) is 0 Å². The lowest BCUT2D eigenvalue weighted by atomic mass is 9.79. The van der Waals surface area contributed by atoms with Crippen molar-refractivity contribution in [2.45, 2.75) is 38.2 Å². The Morgan fingerprint density at radius 3 is 2.47 bits per heavy atom. The summed E-state index contributed by atoms with van der Waals surface area (Å²) < 4.78 is 11.0. The number of rotatable bonds is 6. The van der Waals surface area contributed by atoms with E-state index in [9.17, 15) is 0 Å². The quantitative estimate of drug-likeness (QED) is 0.686. The number of methoxy groups -OCH3 is 1. The van der Waals surface area contributed by atoms with Crippen molar-refractivity contribution >= 4 is 0 Å². The number of nitrogens with one attached hydrogen (secondary N) is 1. The second-order valence-electron chi connectivity index (χ2n) is 4.74. The summed E-state index contributed by atoms with van der Waals surface area (Å²) in [5.41, 5.74) is 0.0692. The summed E-state index contributed by atoms with van der Waals surface area (Å²) in [5, 5.41) is 3.25. The molecule has 0 atom stereocenters. The molecule has 0 unspecified atom stereocenters. The maximum atomic E-state index is 6.01. The van der Waals surface area contributed by atoms with Gasteiger partial charge in [0.1, 0.15) is 0 Å². The molecule has 90 valence electrons. The van der Waals surface area contributed by atoms with Crippen molar-refractivity contribution in [3.05, 3.63) is 0 Å². The van der Waals surface area contributed by atoms with Gasteiger partial charge in [-0.05, 0) is 38.6 Å². The lowest BCUT2D eigenvalue weighted by Gasteiger charge is -2.39. The van der Waals surface area contributed by atoms with Crippen molar-refractivity contribution in [2.75, 3.05) is 33.9 Å². The summed E-state index contributed by atoms with van der Waals surface area (Å²) in [5.74, 6) is 0.862. The van der Waals surface area contributed by atoms with E-state index in [4.69, 9.17) is 9.47 Å². The zero-order valence-corrected chi connectivity index (χ0v) is 10.3. The molecule has 0 bridgehead atoms. The van der Waals surface area contributed by atoms with Crippen molar-refractivity contribution in [3.63, 3.8) is 0 Å². The van der Waals surface area contributed by atoms with Crippen LogP contribution in [0.1, 0.15) is 32.6 Å². The Bertz CT molecular complexity index is 165. The summed E-state index contributed by atoms with van der Waals surface area (Å²) in [6, 6.07) is 0. The van der Waals surface area contributed by atoms with Crippen LogP contribution in [-0.4, -0.2) is 39.5 Å². The minimum atomic E-state index is 0.0692. The van der Waals surface area contributed by atoms with Gasteiger partial charge in [0.15, 0.2) is 0 Å². The van der Waals surface area contributed by atoms with Crippen LogP contribution < -0.4 is 5.32 Å². The molecule has 1 fully saturated rings. The SMILES string of the molecule is CNCC1(OCCOC)CCC(C)CC1. The normalized spacial score (nSPS) is 31.8. The first-order valence-corrected chi connectivity index (χ1v) is 6.00. The third kappa shape index (κ3) is 4.09. The lowest BCUT2D eigenvalue weighted by molar-refractivity contribution is -0.0872. The Morgan fingerprint density at radius 2 is 1.93 bits per heavy atom. The number of hydrogen-bond donors (Lipinski definition) is 1. The molecule has 3 heteroatoms. The minimum Gasteiger partial charge on any atom is -0.382 e. The molecule has 1 aliphatic rings. The highest BCUT2D eigenvalue weighted by molar-refractivity contribution is 4.88. The van der Waals surface area contributed by atoms with Crippen molar-refractivity contribution in [1.29, 1.82) is 0 Å². The summed E-state index contributed by atoms with van der Waals surface area (Å²) in [6.07, 6.45) is 4.93. The van der Waals surface area contributed by atoms with Crippen LogP contribution in [0.15, 0.2) is 0 Å². The highest BCUT2D eigenvalue weighted by atomic mass is 16.5. The molecule has 0 spiro atoms. The van der Waals surface area contributed by atoms with Gasteiger partial charge in [-0.1, -0.05) is 6.92 Å². The van der Waals surface area contributed by atoms with Crippen LogP contribution in [0.25, 0.3) is 0 Å². The van der Waals surface area contributed by atoms with E-state index in [0.717, 1.165) is 12.5 Å². The molecule has 0 aliphatic heterocycles. The van der Waals surface area contributed by atoms with E-state index in [2.05, 4.69) is 12.2 Å². The van der Waals surface area contributed by atoms with Crippen molar-refractivity contribution in [1.82, 2.24) is 5.32 Å². The third-order valence-corrected chi connectivity index (χ3v) is 3.38. The maximum Gasteiger partial charge on any atom is 0.0807 e. The molecule has 0 aromatic rings. The van der Waals surface area contributed by atoms with E-state index in [1.807, 2.05) is 7.05 Å². The van der Waals surface area contributed by atoms with Gasteiger partial charge in [0.05, 0.1) is 18.8 Å². The smallest absolute Gasteiger partial charge is 0.0807 e. The van der Waals surface area contributed by atoms with Crippen LogP contribution in [0.2, 0.25) is 0 Å². The lowest BCUT2D eigenvalue weighted by Crippen LogP contribution is -2.45. The van der Waals surface area contributed by atoms with Gasteiger partial charge < -0.3 is 14.8 Å². The van der Waals surface area contributed by atoms with Crippen LogP contribution in [0, 0.1) is 5.92 Å². The van der Waals surface area contributed by atoms with E-state index >= 15 is 0 Å². The molecule has 1 saturated carbocycles. The van der Waals surface area contributed by atoms with Crippen molar-refractivity contribution < 1.29 is 9.47 Å². The topological polar surface area (TPSA) is 30.5 Å². The van der Waals surface area contributed by atoms with Gasteiger partial charge in [-0.25, -0.2) is 0 Å². The highest BCUT2D eigenvalue weighted by Crippen LogP contribution is 2.34. The van der Waals surface area contributed by atoms with Gasteiger partial charge in [-0.3, -0.25) is 0 Å². The van der Waals surface area contributed by atoms with Gasteiger partial charge >= 0.3 is 0 Å². The molecule has 15 heavy (non-hydrogen) atoms. The zero-order valence-electron chi connectivity index (χ0n) is 10.3. The second-order valence-corrected chi connectivity index (χ2v) is 4.74. The predicted octanol–water partition coefficient (Wildman–Crippen LogP) is 1.82. The molecular formula is C12H25NO2. The number of likely N-dealkylation sites (N-methyl/N-ethyl adjacent to an activating group) is 1. The summed E-state index contributed by atoms with van der Waals surface area (Å²) in [4.78, 5) is 0. The van der Waals surface area contributed by atoms with Gasteiger partial charge in [0, 0.05) is 13.7 Å². The van der Waals surface area contributed by atoms with Gasteiger partial charge in [0.25, 0.3) is 0 Å². The highest BCUT2D eigenvalue weighted by Gasteiger charge is 2.34. The Labute approximate surface area is 93.5 Å². The largest absolute Gasteiger partial charge is 0.382 e. The number of hydrogen-bond acceptors (Lipinski definition) is 3.